The van der Waals surface area contributed by atoms with Gasteiger partial charge in [-0.2, -0.15) is 5.06 Å². The number of aliphatic carboxylic acids is 2. The van der Waals surface area contributed by atoms with Gasteiger partial charge in [-0.1, -0.05) is 5.16 Å². The Morgan fingerprint density at radius 2 is 1.71 bits per heavy atom. The van der Waals surface area contributed by atoms with Gasteiger partial charge in [0.25, 0.3) is 29.2 Å². The fraction of sp³-hybridized carbons (Fsp3) is 0.320. The number of carbonyl (C=O) groups is 7. The Balaban J connectivity index is 1.38. The Kier molecular flexibility index (Phi) is 8.38. The topological polar surface area (TPSA) is 338 Å². The van der Waals surface area contributed by atoms with Gasteiger partial charge in [0.2, 0.25) is 0 Å². The number of cyclic esters (lactones) is 1. The molecule has 3 aliphatic rings. The summed E-state index contributed by atoms with van der Waals surface area (Å²) in [6, 6.07) is -2.11. The largest absolute Gasteiger partial charge is 0.504 e. The molecule has 1 aromatic carbocycles. The molecule has 23 heteroatoms. The van der Waals surface area contributed by atoms with Crippen molar-refractivity contribution in [2.75, 3.05) is 25.6 Å². The Bertz CT molecular complexity index is 1760. The number of fused-ring (bicyclic) bond motifs is 1. The van der Waals surface area contributed by atoms with Crippen molar-refractivity contribution >= 4 is 63.7 Å². The van der Waals surface area contributed by atoms with Crippen LogP contribution in [0.1, 0.15) is 32.8 Å². The van der Waals surface area contributed by atoms with Crippen molar-refractivity contribution < 1.29 is 78.6 Å². The first-order valence-corrected chi connectivity index (χ1v) is 14.1. The van der Waals surface area contributed by atoms with Crippen molar-refractivity contribution in [3.63, 3.8) is 0 Å². The highest BCUT2D eigenvalue weighted by Gasteiger charge is 2.65. The smallest absolute Gasteiger partial charge is 0.372 e. The standard InChI is InChI=1S/C25H22N6O16S/c26-23-28-11(5-48-23)15(29-47-24(6-32,7-33)21(41)42)16(36)27-10-4-45-31(19(10)39)25(22(43)44)3-12(20(40)46-25)30-17(37)8-1-13(34)14(35)2-9(8)18(30)38/h1-2,5,10,12,32-35H,3-4,6-7H2,(H2,26,28)(H,27,36)(H,41,42)(H,43,44)/b29-15-/t10-,12?,25?/m0/s1. The third-order valence-electron chi connectivity index (χ3n) is 7.36. The lowest BCUT2D eigenvalue weighted by molar-refractivity contribution is -0.256. The van der Waals surface area contributed by atoms with E-state index in [4.69, 9.17) is 20.1 Å². The van der Waals surface area contributed by atoms with E-state index in [2.05, 4.69) is 15.5 Å². The van der Waals surface area contributed by atoms with Crippen molar-refractivity contribution in [1.29, 1.82) is 0 Å². The van der Waals surface area contributed by atoms with Gasteiger partial charge in [0.15, 0.2) is 22.3 Å². The van der Waals surface area contributed by atoms with Crippen LogP contribution in [0.2, 0.25) is 0 Å². The van der Waals surface area contributed by atoms with E-state index in [1.165, 1.54) is 5.38 Å². The molecule has 0 spiro atoms. The Labute approximate surface area is 269 Å². The van der Waals surface area contributed by atoms with Crippen molar-refractivity contribution in [2.24, 2.45) is 5.16 Å². The lowest BCUT2D eigenvalue weighted by Gasteiger charge is -2.30. The summed E-state index contributed by atoms with van der Waals surface area (Å²) in [6.07, 6.45) is -1.05. The second kappa shape index (κ2) is 12.0. The van der Waals surface area contributed by atoms with Crippen molar-refractivity contribution in [3.05, 3.63) is 34.3 Å². The zero-order valence-corrected chi connectivity index (χ0v) is 24.6. The number of carbonyl (C=O) groups excluding carboxylic acids is 5. The number of hydrogen-bond donors (Lipinski definition) is 8. The first kappa shape index (κ1) is 33.5. The molecule has 0 radical (unpaired) electrons. The van der Waals surface area contributed by atoms with E-state index in [0.717, 1.165) is 23.5 Å². The predicted octanol–water partition coefficient (Wildman–Crippen LogP) is -3.68. The fourth-order valence-corrected chi connectivity index (χ4v) is 5.33. The summed E-state index contributed by atoms with van der Waals surface area (Å²) in [5, 5.41) is 64.7. The highest BCUT2D eigenvalue weighted by atomic mass is 32.1. The van der Waals surface area contributed by atoms with E-state index in [9.17, 15) is 64.2 Å². The van der Waals surface area contributed by atoms with Crippen molar-refractivity contribution in [2.45, 2.75) is 29.8 Å². The van der Waals surface area contributed by atoms with Crippen LogP contribution in [-0.4, -0.2) is 136 Å². The van der Waals surface area contributed by atoms with E-state index in [-0.39, 0.29) is 15.9 Å². The maximum atomic E-state index is 13.4. The molecule has 4 amide bonds. The van der Waals surface area contributed by atoms with Gasteiger partial charge < -0.3 is 51.3 Å². The minimum atomic E-state index is -2.97. The number of hydrogen-bond acceptors (Lipinski definition) is 18. The van der Waals surface area contributed by atoms with Crippen LogP contribution in [0.3, 0.4) is 0 Å². The molecule has 3 aliphatic heterocycles. The van der Waals surface area contributed by atoms with Gasteiger partial charge in [-0.05, 0) is 12.1 Å². The molecule has 4 heterocycles. The molecule has 1 aromatic heterocycles. The first-order valence-electron chi connectivity index (χ1n) is 13.2. The van der Waals surface area contributed by atoms with Crippen LogP contribution in [-0.2, 0) is 38.4 Å². The van der Waals surface area contributed by atoms with Crippen molar-refractivity contribution in [1.82, 2.24) is 20.3 Å². The van der Waals surface area contributed by atoms with Crippen LogP contribution in [0.4, 0.5) is 5.13 Å². The van der Waals surface area contributed by atoms with Crippen LogP contribution < -0.4 is 11.1 Å². The number of thiazole rings is 1. The maximum absolute atomic E-state index is 13.4. The van der Waals surface area contributed by atoms with E-state index >= 15 is 0 Å². The lowest BCUT2D eigenvalue weighted by Crippen LogP contribution is -2.57. The molecule has 254 valence electrons. The second-order valence-corrected chi connectivity index (χ2v) is 11.2. The lowest BCUT2D eigenvalue weighted by atomic mass is 10.0. The highest BCUT2D eigenvalue weighted by Crippen LogP contribution is 2.40. The monoisotopic (exact) mass is 694 g/mol. The molecule has 22 nitrogen and oxygen atoms in total. The number of amides is 4. The summed E-state index contributed by atoms with van der Waals surface area (Å²) < 4.78 is 5.04. The van der Waals surface area contributed by atoms with Gasteiger partial charge >= 0.3 is 23.6 Å². The molecule has 0 bridgehead atoms. The van der Waals surface area contributed by atoms with Crippen LogP contribution in [0.25, 0.3) is 0 Å². The third kappa shape index (κ3) is 5.24. The van der Waals surface area contributed by atoms with Gasteiger partial charge in [0.05, 0.1) is 30.8 Å². The Morgan fingerprint density at radius 3 is 2.21 bits per heavy atom. The van der Waals surface area contributed by atoms with Crippen LogP contribution in [0.15, 0.2) is 22.7 Å². The number of hydroxylamine groups is 2. The number of nitrogens with two attached hydrogens (primary N) is 1. The number of aromatic nitrogens is 1. The Morgan fingerprint density at radius 1 is 1.10 bits per heavy atom. The number of nitrogens with one attached hydrogen (secondary N) is 1. The molecule has 5 rings (SSSR count). The molecular formula is C25H22N6O16S. The summed E-state index contributed by atoms with van der Waals surface area (Å²) in [7, 11) is 0. The first-order chi connectivity index (χ1) is 22.6. The van der Waals surface area contributed by atoms with Gasteiger partial charge in [0.1, 0.15) is 24.4 Å². The summed E-state index contributed by atoms with van der Waals surface area (Å²) in [4.78, 5) is 104. The number of anilines is 1. The van der Waals surface area contributed by atoms with Gasteiger partial charge in [0, 0.05) is 5.38 Å². The highest BCUT2D eigenvalue weighted by molar-refractivity contribution is 7.13. The Hall–Kier alpha value is -5.91. The SMILES string of the molecule is Nc1nc(/C(=N/OC(CO)(CO)C(=O)O)C(=O)N[C@H]2CON(C3(C(=O)O)CC(N4C(=O)c5cc(O)c(O)cc5C4=O)C(=O)O3)C2=O)cs1. The number of phenols is 2. The zero-order valence-electron chi connectivity index (χ0n) is 23.8. The predicted molar refractivity (Wildman–Crippen MR) is 149 cm³/mol. The van der Waals surface area contributed by atoms with Crippen LogP contribution in [0.5, 0.6) is 11.5 Å². The number of ether oxygens (including phenoxy) is 1. The number of nitrogens with zero attached hydrogens (tertiary/aromatic N) is 4. The molecular weight excluding hydrogens is 672 g/mol. The average Bonchev–Trinajstić information content (AvgIpc) is 3.77. The number of aliphatic hydroxyl groups excluding tert-OH is 2. The number of carboxylic acid groups (broad SMARTS) is 2. The number of aliphatic hydroxyl groups is 2. The summed E-state index contributed by atoms with van der Waals surface area (Å²) >= 11 is 0.818. The maximum Gasteiger partial charge on any atom is 0.372 e. The number of esters is 1. The number of benzene rings is 1. The summed E-state index contributed by atoms with van der Waals surface area (Å²) in [6.45, 7) is -3.35. The summed E-state index contributed by atoms with van der Waals surface area (Å²) in [5.74, 6) is -11.7. The molecule has 2 unspecified atom stereocenters. The normalized spacial score (nSPS) is 22.6. The number of imide groups is 1. The average molecular weight is 695 g/mol. The number of phenolic OH excluding ortho intramolecular Hbond substituents is 2. The molecule has 0 aliphatic carbocycles. The molecule has 2 fully saturated rings. The molecule has 2 saturated heterocycles. The van der Waals surface area contributed by atoms with Gasteiger partial charge in [-0.15, -0.1) is 11.3 Å². The van der Waals surface area contributed by atoms with E-state index in [1.54, 1.807) is 0 Å². The van der Waals surface area contributed by atoms with Crippen LogP contribution in [0, 0.1) is 0 Å². The number of nitrogen functional groups attached to an aromatic ring is 1. The second-order valence-electron chi connectivity index (χ2n) is 10.3. The molecule has 48 heavy (non-hydrogen) atoms. The zero-order chi connectivity index (χ0) is 35.3. The van der Waals surface area contributed by atoms with E-state index < -0.39 is 120 Å². The number of carboxylic acids is 2. The van der Waals surface area contributed by atoms with E-state index in [0.29, 0.717) is 4.90 Å². The van der Waals surface area contributed by atoms with Crippen molar-refractivity contribution in [3.8, 4) is 11.5 Å². The minimum absolute atomic E-state index is 0.0848. The van der Waals surface area contributed by atoms with Gasteiger partial charge in [-0.3, -0.25) is 28.9 Å². The molecule has 9 N–H and O–H groups in total. The minimum Gasteiger partial charge on any atom is -0.504 e. The number of rotatable bonds is 11. The molecule has 2 aromatic rings. The fourth-order valence-electron chi connectivity index (χ4n) is 4.78. The number of aromatic hydroxyl groups is 2. The summed E-state index contributed by atoms with van der Waals surface area (Å²) in [5.41, 5.74) is -1.99. The van der Waals surface area contributed by atoms with Crippen LogP contribution >= 0.6 is 11.3 Å². The third-order valence-corrected chi connectivity index (χ3v) is 8.04. The van der Waals surface area contributed by atoms with Gasteiger partial charge in [-0.25, -0.2) is 19.4 Å². The quantitative estimate of drug-likeness (QED) is 0.0369. The number of oxime groups is 1. The van der Waals surface area contributed by atoms with E-state index in [1.807, 2.05) is 0 Å². The molecule has 3 atom stereocenters. The molecule has 0 saturated carbocycles.